The van der Waals surface area contributed by atoms with Gasteiger partial charge in [-0.1, -0.05) is 60.1 Å². The number of aromatic nitrogens is 4. The van der Waals surface area contributed by atoms with Crippen molar-refractivity contribution in [2.75, 3.05) is 13.2 Å². The van der Waals surface area contributed by atoms with Crippen molar-refractivity contribution in [3.63, 3.8) is 0 Å². The Morgan fingerprint density at radius 2 is 1.10 bits per heavy atom. The third-order valence-electron chi connectivity index (χ3n) is 13.0. The average molecular weight is 1030 g/mol. The lowest BCUT2D eigenvalue weighted by atomic mass is 9.82. The molecule has 3 aliphatic rings. The number of rotatable bonds is 8. The summed E-state index contributed by atoms with van der Waals surface area (Å²) in [6.07, 6.45) is -3.85. The molecule has 0 radical (unpaired) electrons. The van der Waals surface area contributed by atoms with Crippen LogP contribution in [-0.4, -0.2) is 85.6 Å². The van der Waals surface area contributed by atoms with Gasteiger partial charge in [0.05, 0.1) is 35.6 Å². The molecule has 382 valence electrons. The van der Waals surface area contributed by atoms with Crippen molar-refractivity contribution in [3.8, 4) is 33.4 Å². The number of carbonyl (C=O) groups is 2. The van der Waals surface area contributed by atoms with Gasteiger partial charge in [0.2, 0.25) is 11.2 Å². The van der Waals surface area contributed by atoms with E-state index in [9.17, 15) is 54.9 Å². The molecule has 0 saturated carbocycles. The Kier molecular flexibility index (Phi) is 14.4. The summed E-state index contributed by atoms with van der Waals surface area (Å²) >= 11 is 5.86. The maximum Gasteiger partial charge on any atom is 0.498 e. The summed E-state index contributed by atoms with van der Waals surface area (Å²) in [5.74, 6) is -2.70. The maximum atomic E-state index is 14.5. The highest BCUT2D eigenvalue weighted by molar-refractivity contribution is 6.62. The topological polar surface area (TPSA) is 147 Å². The van der Waals surface area contributed by atoms with Crippen LogP contribution in [0.25, 0.3) is 33.4 Å². The van der Waals surface area contributed by atoms with Gasteiger partial charge < -0.3 is 29.0 Å². The SMILES string of the molecule is CCOC(=O)C(C)n1cc(-c2cc(F)cc3c2-c2ccccc2[C@]3(O)C(F)(F)F)cn1.CCOC(=O)C(C)n1cc(B2OC(C)(C)C(C)(C)O2)cn1.O[C@]1(C(F)(F)F)c2ccccc2-c2c(Cl)cc(F)cc21. The van der Waals surface area contributed by atoms with Crippen molar-refractivity contribution < 1.29 is 73.7 Å². The van der Waals surface area contributed by atoms with E-state index < -0.39 is 82.7 Å². The van der Waals surface area contributed by atoms with Crippen molar-refractivity contribution in [2.45, 2.75) is 102 Å². The molecule has 0 spiro atoms. The zero-order valence-electron chi connectivity index (χ0n) is 39.9. The van der Waals surface area contributed by atoms with Crippen molar-refractivity contribution in [3.05, 3.63) is 136 Å². The van der Waals surface area contributed by atoms with Crippen molar-refractivity contribution >= 4 is 36.1 Å². The lowest BCUT2D eigenvalue weighted by Crippen LogP contribution is -2.41. The summed E-state index contributed by atoms with van der Waals surface area (Å²) in [6.45, 7) is 15.3. The second kappa shape index (κ2) is 19.4. The molecule has 3 heterocycles. The fraction of sp³-hybridized carbons (Fsp3) is 0.360. The molecule has 12 nitrogen and oxygen atoms in total. The molecule has 1 saturated heterocycles. The summed E-state index contributed by atoms with van der Waals surface area (Å²) < 4.78 is 135. The van der Waals surface area contributed by atoms with Crippen LogP contribution in [0.5, 0.6) is 0 Å². The number of esters is 2. The molecule has 22 heteroatoms. The average Bonchev–Trinajstić information content (AvgIpc) is 4.13. The van der Waals surface area contributed by atoms with Crippen LogP contribution in [0.1, 0.15) is 89.7 Å². The minimum Gasteiger partial charge on any atom is -0.464 e. The quantitative estimate of drug-likeness (QED) is 0.0858. The number of alkyl halides is 6. The summed E-state index contributed by atoms with van der Waals surface area (Å²) in [5.41, 5.74) is -7.61. The minimum atomic E-state index is -5.07. The van der Waals surface area contributed by atoms with Crippen LogP contribution in [0.4, 0.5) is 35.1 Å². The second-order valence-electron chi connectivity index (χ2n) is 18.1. The molecule has 9 rings (SSSR count). The van der Waals surface area contributed by atoms with Crippen molar-refractivity contribution in [1.82, 2.24) is 19.6 Å². The summed E-state index contributed by atoms with van der Waals surface area (Å²) in [6, 6.07) is 13.2. The lowest BCUT2D eigenvalue weighted by molar-refractivity contribution is -0.247. The van der Waals surface area contributed by atoms with Gasteiger partial charge in [-0.25, -0.2) is 18.4 Å². The monoisotopic (exact) mass is 1030 g/mol. The predicted molar refractivity (Wildman–Crippen MR) is 249 cm³/mol. The highest BCUT2D eigenvalue weighted by Gasteiger charge is 2.62. The molecule has 2 aliphatic carbocycles. The molecule has 0 bridgehead atoms. The lowest BCUT2D eigenvalue weighted by Gasteiger charge is -2.32. The van der Waals surface area contributed by atoms with E-state index in [0.717, 1.165) is 23.7 Å². The van der Waals surface area contributed by atoms with E-state index in [1.165, 1.54) is 53.5 Å². The minimum absolute atomic E-state index is 0.0171. The number of nitrogens with zero attached hydrogens (tertiary/aromatic N) is 4. The van der Waals surface area contributed by atoms with Crippen LogP contribution in [0.2, 0.25) is 5.02 Å². The second-order valence-corrected chi connectivity index (χ2v) is 18.5. The van der Waals surface area contributed by atoms with E-state index in [4.69, 9.17) is 30.4 Å². The van der Waals surface area contributed by atoms with Crippen LogP contribution in [0.15, 0.2) is 97.6 Å². The van der Waals surface area contributed by atoms with Gasteiger partial charge in [0, 0.05) is 57.4 Å². The normalized spacial score (nSPS) is 19.9. The standard InChI is InChI=1S/C22H18F4N2O3.C14H23BN2O4.C14H7ClF4O/c1-3-31-20(29)12(2)28-11-13(10-27-28)16-8-14(23)9-18-19(16)15-6-4-5-7-17(15)21(18,30)22(24,25)26;1-7-19-12(18)10(2)17-9-11(8-16-17)15-20-13(3,4)14(5,6)21-15;15-11-6-7(16)5-10-12(11)8-3-1-2-4-9(8)13(10,20)14(17,18)19/h4-12,30H,3H2,1-2H3;8-10H,7H2,1-6H3;1-6,20H/t12?,21-;;13-/m1.1/s1. The third-order valence-corrected chi connectivity index (χ3v) is 13.3. The Balaban J connectivity index is 0.000000164. The zero-order valence-corrected chi connectivity index (χ0v) is 40.7. The molecule has 4 atom stereocenters. The smallest absolute Gasteiger partial charge is 0.464 e. The first-order chi connectivity index (χ1) is 33.5. The van der Waals surface area contributed by atoms with Crippen LogP contribution in [-0.2, 0) is 39.6 Å². The molecule has 2 aromatic heterocycles. The number of halogens is 9. The number of carbonyl (C=O) groups excluding carboxylic acids is 2. The van der Waals surface area contributed by atoms with Gasteiger partial charge in [0.15, 0.2) is 0 Å². The van der Waals surface area contributed by atoms with Gasteiger partial charge in [-0.15, -0.1) is 0 Å². The van der Waals surface area contributed by atoms with E-state index >= 15 is 0 Å². The molecule has 1 aliphatic heterocycles. The van der Waals surface area contributed by atoms with Gasteiger partial charge in [-0.3, -0.25) is 9.36 Å². The zero-order chi connectivity index (χ0) is 53.1. The molecular weight excluding hydrogens is 983 g/mol. The highest BCUT2D eigenvalue weighted by Crippen LogP contribution is 2.58. The van der Waals surface area contributed by atoms with Crippen LogP contribution < -0.4 is 5.46 Å². The Morgan fingerprint density at radius 1 is 0.667 bits per heavy atom. The van der Waals surface area contributed by atoms with Gasteiger partial charge >= 0.3 is 31.4 Å². The molecule has 72 heavy (non-hydrogen) atoms. The van der Waals surface area contributed by atoms with Gasteiger partial charge in [-0.05, 0) is 102 Å². The molecule has 6 aromatic rings. The van der Waals surface area contributed by atoms with E-state index in [-0.39, 0.29) is 56.5 Å². The van der Waals surface area contributed by atoms with Crippen LogP contribution >= 0.6 is 11.6 Å². The van der Waals surface area contributed by atoms with Crippen molar-refractivity contribution in [2.24, 2.45) is 0 Å². The largest absolute Gasteiger partial charge is 0.498 e. The van der Waals surface area contributed by atoms with Gasteiger partial charge in [0.25, 0.3) is 0 Å². The van der Waals surface area contributed by atoms with Gasteiger partial charge in [-0.2, -0.15) is 36.5 Å². The van der Waals surface area contributed by atoms with Crippen LogP contribution in [0.3, 0.4) is 0 Å². The van der Waals surface area contributed by atoms with Crippen LogP contribution in [0, 0.1) is 11.6 Å². The number of ether oxygens (including phenoxy) is 2. The summed E-state index contributed by atoms with van der Waals surface area (Å²) in [5, 5.41) is 29.2. The van der Waals surface area contributed by atoms with E-state index in [1.54, 1.807) is 50.8 Å². The Labute approximate surface area is 413 Å². The highest BCUT2D eigenvalue weighted by atomic mass is 35.5. The van der Waals surface area contributed by atoms with E-state index in [1.807, 2.05) is 27.7 Å². The van der Waals surface area contributed by atoms with E-state index in [0.29, 0.717) is 24.3 Å². The first kappa shape index (κ1) is 53.7. The molecule has 4 aromatic carbocycles. The molecular formula is C50H48BClF8N4O8. The fourth-order valence-electron chi connectivity index (χ4n) is 8.57. The fourth-order valence-corrected chi connectivity index (χ4v) is 8.88. The Hall–Kier alpha value is -6.13. The van der Waals surface area contributed by atoms with Crippen molar-refractivity contribution in [1.29, 1.82) is 0 Å². The summed E-state index contributed by atoms with van der Waals surface area (Å²) in [4.78, 5) is 23.7. The molecule has 2 N–H and O–H groups in total. The maximum absolute atomic E-state index is 14.5. The number of aliphatic hydroxyl groups is 2. The Bertz CT molecular complexity index is 3020. The number of hydrogen-bond donors (Lipinski definition) is 2. The first-order valence-electron chi connectivity index (χ1n) is 22.4. The first-order valence-corrected chi connectivity index (χ1v) is 22.8. The Morgan fingerprint density at radius 3 is 1.58 bits per heavy atom. The van der Waals surface area contributed by atoms with Gasteiger partial charge in [0.1, 0.15) is 23.7 Å². The third kappa shape index (κ3) is 9.29. The molecule has 1 fully saturated rings. The number of benzene rings is 4. The van der Waals surface area contributed by atoms with E-state index in [2.05, 4.69) is 10.2 Å². The predicted octanol–water partition coefficient (Wildman–Crippen LogP) is 10.2. The molecule has 2 unspecified atom stereocenters. The number of hydrogen-bond acceptors (Lipinski definition) is 10. The number of fused-ring (bicyclic) bond motifs is 6. The summed E-state index contributed by atoms with van der Waals surface area (Å²) in [7, 11) is -0.474. The molecule has 0 amide bonds.